The third-order valence-corrected chi connectivity index (χ3v) is 4.45. The van der Waals surface area contributed by atoms with Crippen LogP contribution in [0.15, 0.2) is 48.5 Å². The average Bonchev–Trinajstić information content (AvgIpc) is 2.91. The Labute approximate surface area is 156 Å². The molecule has 1 aliphatic rings. The van der Waals surface area contributed by atoms with Gasteiger partial charge in [-0.25, -0.2) is 9.18 Å². The predicted octanol–water partition coefficient (Wildman–Crippen LogP) is 2.63. The first-order valence-electron chi connectivity index (χ1n) is 8.66. The molecule has 1 unspecified atom stereocenters. The van der Waals surface area contributed by atoms with E-state index in [1.165, 1.54) is 18.2 Å². The van der Waals surface area contributed by atoms with Crippen LogP contribution >= 0.6 is 0 Å². The summed E-state index contributed by atoms with van der Waals surface area (Å²) in [4.78, 5) is 37.6. The average molecular weight is 369 g/mol. The Morgan fingerprint density at radius 3 is 2.67 bits per heavy atom. The Bertz CT molecular complexity index is 870. The molecular weight excluding hydrogens is 349 g/mol. The lowest BCUT2D eigenvalue weighted by atomic mass is 10.1. The second kappa shape index (κ2) is 7.99. The summed E-state index contributed by atoms with van der Waals surface area (Å²) in [6, 6.07) is 12.4. The van der Waals surface area contributed by atoms with Crippen LogP contribution < -0.4 is 10.6 Å². The molecule has 0 bridgehead atoms. The van der Waals surface area contributed by atoms with Crippen molar-refractivity contribution >= 4 is 23.5 Å². The zero-order chi connectivity index (χ0) is 19.4. The van der Waals surface area contributed by atoms with Gasteiger partial charge in [0.15, 0.2) is 0 Å². The van der Waals surface area contributed by atoms with Crippen LogP contribution in [0.25, 0.3) is 0 Å². The van der Waals surface area contributed by atoms with E-state index in [0.29, 0.717) is 24.1 Å². The molecule has 2 aromatic rings. The van der Waals surface area contributed by atoms with Crippen molar-refractivity contribution in [1.82, 2.24) is 10.2 Å². The van der Waals surface area contributed by atoms with Gasteiger partial charge in [0.05, 0.1) is 0 Å². The molecule has 1 heterocycles. The monoisotopic (exact) mass is 369 g/mol. The summed E-state index contributed by atoms with van der Waals surface area (Å²) in [5, 5.41) is 5.15. The summed E-state index contributed by atoms with van der Waals surface area (Å²) < 4.78 is 13.3. The van der Waals surface area contributed by atoms with Crippen molar-refractivity contribution in [1.29, 1.82) is 0 Å². The number of benzene rings is 2. The zero-order valence-electron chi connectivity index (χ0n) is 14.9. The van der Waals surface area contributed by atoms with E-state index in [1.54, 1.807) is 6.92 Å². The van der Waals surface area contributed by atoms with Crippen LogP contribution in [0.1, 0.15) is 17.5 Å². The fraction of sp³-hybridized carbons (Fsp3) is 0.250. The Morgan fingerprint density at radius 2 is 1.93 bits per heavy atom. The highest BCUT2D eigenvalue weighted by Gasteiger charge is 2.38. The lowest BCUT2D eigenvalue weighted by molar-refractivity contribution is -0.130. The van der Waals surface area contributed by atoms with Crippen molar-refractivity contribution in [3.8, 4) is 0 Å². The number of urea groups is 1. The molecule has 1 atom stereocenters. The van der Waals surface area contributed by atoms with Gasteiger partial charge >= 0.3 is 6.03 Å². The first-order chi connectivity index (χ1) is 12.9. The van der Waals surface area contributed by atoms with Gasteiger partial charge in [-0.1, -0.05) is 36.4 Å². The molecule has 27 heavy (non-hydrogen) atoms. The number of carbonyl (C=O) groups excluding carboxylic acids is 3. The number of nitrogens with zero attached hydrogens (tertiary/aromatic N) is 1. The molecule has 3 rings (SSSR count). The van der Waals surface area contributed by atoms with E-state index in [-0.39, 0.29) is 0 Å². The largest absolute Gasteiger partial charge is 0.326 e. The third kappa shape index (κ3) is 4.49. The van der Waals surface area contributed by atoms with Gasteiger partial charge in [0.1, 0.15) is 18.4 Å². The van der Waals surface area contributed by atoms with E-state index in [9.17, 15) is 18.8 Å². The number of rotatable bonds is 6. The smallest absolute Gasteiger partial charge is 0.325 e. The topological polar surface area (TPSA) is 78.5 Å². The molecule has 1 saturated heterocycles. The molecule has 7 heteroatoms. The van der Waals surface area contributed by atoms with Crippen molar-refractivity contribution in [3.05, 3.63) is 65.5 Å². The fourth-order valence-corrected chi connectivity index (χ4v) is 2.94. The van der Waals surface area contributed by atoms with Crippen LogP contribution in [-0.2, 0) is 16.0 Å². The van der Waals surface area contributed by atoms with E-state index in [2.05, 4.69) is 10.6 Å². The summed E-state index contributed by atoms with van der Waals surface area (Å²) in [5.74, 6) is -1.47. The standard InChI is InChI=1S/C20H20FN3O3/c1-13-7-9-15(21)11-17(13)22-18(25)12-24-19(26)16(23-20(24)27)10-8-14-5-3-2-4-6-14/h2-7,9,11,16H,8,10,12H2,1H3,(H,22,25)(H,23,27). The maximum absolute atomic E-state index is 13.3. The minimum absolute atomic E-state index is 0.313. The number of nitrogens with one attached hydrogen (secondary N) is 2. The minimum atomic E-state index is -0.651. The Balaban J connectivity index is 1.58. The summed E-state index contributed by atoms with van der Waals surface area (Å²) in [6.45, 7) is 1.31. The molecule has 2 N–H and O–H groups in total. The Morgan fingerprint density at radius 1 is 1.19 bits per heavy atom. The highest BCUT2D eigenvalue weighted by Crippen LogP contribution is 2.17. The molecule has 0 saturated carbocycles. The Kier molecular flexibility index (Phi) is 5.49. The van der Waals surface area contributed by atoms with Crippen molar-refractivity contribution in [2.75, 3.05) is 11.9 Å². The number of carbonyl (C=O) groups is 3. The quantitative estimate of drug-likeness (QED) is 0.769. The van der Waals surface area contributed by atoms with Crippen LogP contribution in [-0.4, -0.2) is 35.3 Å². The molecule has 140 valence electrons. The first-order valence-corrected chi connectivity index (χ1v) is 8.66. The van der Waals surface area contributed by atoms with Gasteiger partial charge in [-0.15, -0.1) is 0 Å². The Hall–Kier alpha value is -3.22. The third-order valence-electron chi connectivity index (χ3n) is 4.45. The molecule has 0 aromatic heterocycles. The number of hydrogen-bond acceptors (Lipinski definition) is 3. The van der Waals surface area contributed by atoms with Gasteiger partial charge in [0, 0.05) is 5.69 Å². The molecule has 1 aliphatic heterocycles. The van der Waals surface area contributed by atoms with Gasteiger partial charge in [-0.2, -0.15) is 0 Å². The second-order valence-corrected chi connectivity index (χ2v) is 6.46. The van der Waals surface area contributed by atoms with E-state index in [4.69, 9.17) is 0 Å². The number of anilines is 1. The summed E-state index contributed by atoms with van der Waals surface area (Å²) in [7, 11) is 0. The number of aryl methyl sites for hydroxylation is 2. The maximum Gasteiger partial charge on any atom is 0.325 e. The molecule has 4 amide bonds. The molecule has 1 fully saturated rings. The lowest BCUT2D eigenvalue weighted by Gasteiger charge is -2.14. The van der Waals surface area contributed by atoms with Crippen molar-refractivity contribution in [2.45, 2.75) is 25.8 Å². The van der Waals surface area contributed by atoms with Crippen LogP contribution in [0.4, 0.5) is 14.9 Å². The predicted molar refractivity (Wildman–Crippen MR) is 98.6 cm³/mol. The molecule has 0 radical (unpaired) electrons. The SMILES string of the molecule is Cc1ccc(F)cc1NC(=O)CN1C(=O)NC(CCc2ccccc2)C1=O. The second-order valence-electron chi connectivity index (χ2n) is 6.46. The maximum atomic E-state index is 13.3. The molecular formula is C20H20FN3O3. The van der Waals surface area contributed by atoms with E-state index in [0.717, 1.165) is 10.5 Å². The van der Waals surface area contributed by atoms with Gasteiger partial charge in [0.25, 0.3) is 5.91 Å². The number of amides is 4. The van der Waals surface area contributed by atoms with Crippen molar-refractivity contribution < 1.29 is 18.8 Å². The number of imide groups is 1. The zero-order valence-corrected chi connectivity index (χ0v) is 14.9. The lowest BCUT2D eigenvalue weighted by Crippen LogP contribution is -2.38. The summed E-state index contributed by atoms with van der Waals surface area (Å²) >= 11 is 0. The number of hydrogen-bond donors (Lipinski definition) is 2. The first kappa shape index (κ1) is 18.6. The van der Waals surface area contributed by atoms with Crippen LogP contribution in [0.2, 0.25) is 0 Å². The molecule has 2 aromatic carbocycles. The van der Waals surface area contributed by atoms with Crippen molar-refractivity contribution in [2.24, 2.45) is 0 Å². The summed E-state index contributed by atoms with van der Waals surface area (Å²) in [6.07, 6.45) is 1.09. The van der Waals surface area contributed by atoms with Crippen LogP contribution in [0.5, 0.6) is 0 Å². The number of halogens is 1. The van der Waals surface area contributed by atoms with Gasteiger partial charge < -0.3 is 10.6 Å². The van der Waals surface area contributed by atoms with Gasteiger partial charge in [0.2, 0.25) is 5.91 Å². The normalized spacial score (nSPS) is 16.4. The van der Waals surface area contributed by atoms with Crippen LogP contribution in [0, 0.1) is 12.7 Å². The van der Waals surface area contributed by atoms with Gasteiger partial charge in [-0.05, 0) is 43.0 Å². The molecule has 6 nitrogen and oxygen atoms in total. The van der Waals surface area contributed by atoms with Gasteiger partial charge in [-0.3, -0.25) is 14.5 Å². The summed E-state index contributed by atoms with van der Waals surface area (Å²) in [5.41, 5.74) is 2.06. The van der Waals surface area contributed by atoms with Crippen LogP contribution in [0.3, 0.4) is 0 Å². The van der Waals surface area contributed by atoms with E-state index >= 15 is 0 Å². The fourth-order valence-electron chi connectivity index (χ4n) is 2.94. The molecule has 0 spiro atoms. The minimum Gasteiger partial charge on any atom is -0.326 e. The molecule has 0 aliphatic carbocycles. The highest BCUT2D eigenvalue weighted by atomic mass is 19.1. The van der Waals surface area contributed by atoms with E-state index < -0.39 is 36.2 Å². The van der Waals surface area contributed by atoms with Crippen molar-refractivity contribution in [3.63, 3.8) is 0 Å². The van der Waals surface area contributed by atoms with E-state index in [1.807, 2.05) is 30.3 Å². The highest BCUT2D eigenvalue weighted by molar-refractivity contribution is 6.08.